The Balaban J connectivity index is 1.46. The molecule has 1 aromatic heterocycles. The molecule has 12 heteroatoms. The number of carbonyl (C=O) groups is 1. The van der Waals surface area contributed by atoms with E-state index in [-0.39, 0.29) is 42.7 Å². The first-order valence-corrected chi connectivity index (χ1v) is 12.3. The van der Waals surface area contributed by atoms with Crippen molar-refractivity contribution in [3.05, 3.63) is 52.9 Å². The molecule has 1 amide bonds. The van der Waals surface area contributed by atoms with Gasteiger partial charge in [0.25, 0.3) is 0 Å². The zero-order valence-corrected chi connectivity index (χ0v) is 18.9. The number of fused-ring (bicyclic) bond motifs is 1. The van der Waals surface area contributed by atoms with Gasteiger partial charge in [-0.2, -0.15) is 0 Å². The molecule has 3 N–H and O–H groups in total. The van der Waals surface area contributed by atoms with E-state index in [4.69, 9.17) is 5.73 Å². The number of aryl methyl sites for hydroxylation is 1. The Morgan fingerprint density at radius 3 is 2.64 bits per heavy atom. The molecule has 33 heavy (non-hydrogen) atoms. The number of imidazole rings is 1. The maximum atomic E-state index is 14.0. The zero-order valence-electron chi connectivity index (χ0n) is 18.1. The number of hydrogen-bond donors (Lipinski definition) is 2. The van der Waals surface area contributed by atoms with Crippen molar-refractivity contribution >= 4 is 15.9 Å². The smallest absolute Gasteiger partial charge is 0.224 e. The summed E-state index contributed by atoms with van der Waals surface area (Å²) in [5.74, 6) is -3.75. The van der Waals surface area contributed by atoms with E-state index in [2.05, 4.69) is 9.71 Å². The Morgan fingerprint density at radius 2 is 1.94 bits per heavy atom. The second kappa shape index (κ2) is 9.07. The minimum Gasteiger partial charge on any atom is -0.336 e. The number of nitrogens with zero attached hydrogens (tertiary/aromatic N) is 3. The van der Waals surface area contributed by atoms with Crippen LogP contribution in [0.2, 0.25) is 0 Å². The number of carbonyl (C=O) groups excluding carboxylic acids is 1. The number of nitrogens with one attached hydrogen (secondary N) is 1. The summed E-state index contributed by atoms with van der Waals surface area (Å²) in [7, 11) is -1.62. The van der Waals surface area contributed by atoms with E-state index in [1.807, 2.05) is 7.05 Å². The highest BCUT2D eigenvalue weighted by molar-refractivity contribution is 7.90. The molecule has 2 heterocycles. The average molecular weight is 486 g/mol. The van der Waals surface area contributed by atoms with Gasteiger partial charge in [0, 0.05) is 38.5 Å². The molecule has 0 radical (unpaired) electrons. The second-order valence-corrected chi connectivity index (χ2v) is 10.8. The fraction of sp³-hybridized carbons (Fsp3) is 0.524. The number of amides is 1. The van der Waals surface area contributed by atoms with Crippen molar-refractivity contribution in [3.63, 3.8) is 0 Å². The maximum Gasteiger partial charge on any atom is 0.224 e. The van der Waals surface area contributed by atoms with Crippen molar-refractivity contribution in [1.29, 1.82) is 0 Å². The van der Waals surface area contributed by atoms with E-state index in [1.54, 1.807) is 15.8 Å². The second-order valence-electron chi connectivity index (χ2n) is 8.75. The normalized spacial score (nSPS) is 19.4. The molecule has 1 aromatic carbocycles. The van der Waals surface area contributed by atoms with Crippen LogP contribution in [0.15, 0.2) is 18.5 Å². The summed E-state index contributed by atoms with van der Waals surface area (Å²) in [6, 6.07) is -0.0995. The van der Waals surface area contributed by atoms with Gasteiger partial charge in [-0.05, 0) is 30.9 Å². The molecule has 2 aromatic rings. The number of nitrogens with two attached hydrogens (primary N) is 1. The Kier molecular flexibility index (Phi) is 6.52. The third-order valence-corrected chi connectivity index (χ3v) is 8.07. The molecule has 4 rings (SSSR count). The highest BCUT2D eigenvalue weighted by Gasteiger charge is 2.38. The number of halogens is 3. The van der Waals surface area contributed by atoms with Gasteiger partial charge >= 0.3 is 0 Å². The lowest BCUT2D eigenvalue weighted by molar-refractivity contribution is -0.135. The largest absolute Gasteiger partial charge is 0.336 e. The molecule has 2 atom stereocenters. The molecule has 8 nitrogen and oxygen atoms in total. The summed E-state index contributed by atoms with van der Waals surface area (Å²) < 4.78 is 69.6. The molecule has 2 aliphatic rings. The zero-order chi connectivity index (χ0) is 23.9. The number of hydrogen-bond acceptors (Lipinski definition) is 5. The van der Waals surface area contributed by atoms with E-state index >= 15 is 0 Å². The lowest BCUT2D eigenvalue weighted by Gasteiger charge is -2.36. The molecule has 1 aliphatic carbocycles. The molecular formula is C21H26F3N5O3S. The van der Waals surface area contributed by atoms with Crippen LogP contribution in [0.25, 0.3) is 0 Å². The third-order valence-electron chi connectivity index (χ3n) is 6.15. The summed E-state index contributed by atoms with van der Waals surface area (Å²) in [5, 5.41) is -0.380. The van der Waals surface area contributed by atoms with Gasteiger partial charge in [0.15, 0.2) is 11.6 Å². The van der Waals surface area contributed by atoms with Gasteiger partial charge in [-0.1, -0.05) is 0 Å². The molecule has 0 saturated heterocycles. The van der Waals surface area contributed by atoms with Crippen LogP contribution >= 0.6 is 0 Å². The predicted molar refractivity (Wildman–Crippen MR) is 114 cm³/mol. The monoisotopic (exact) mass is 485 g/mol. The number of rotatable bonds is 8. The molecular weight excluding hydrogens is 459 g/mol. The minimum atomic E-state index is -3.43. The van der Waals surface area contributed by atoms with Crippen LogP contribution in [0, 0.1) is 17.5 Å². The number of sulfonamides is 1. The first kappa shape index (κ1) is 23.7. The molecule has 0 spiro atoms. The summed E-state index contributed by atoms with van der Waals surface area (Å²) in [5.41, 5.74) is 7.57. The third kappa shape index (κ3) is 5.22. The van der Waals surface area contributed by atoms with Gasteiger partial charge in [0.2, 0.25) is 15.9 Å². The van der Waals surface area contributed by atoms with Crippen LogP contribution in [0.4, 0.5) is 13.2 Å². The summed E-state index contributed by atoms with van der Waals surface area (Å²) >= 11 is 0. The van der Waals surface area contributed by atoms with Crippen LogP contribution in [-0.2, 0) is 41.3 Å². The average Bonchev–Trinajstić information content (AvgIpc) is 3.55. The first-order valence-electron chi connectivity index (χ1n) is 10.7. The van der Waals surface area contributed by atoms with Crippen LogP contribution in [0.3, 0.4) is 0 Å². The van der Waals surface area contributed by atoms with Gasteiger partial charge in [-0.25, -0.2) is 31.3 Å². The predicted octanol–water partition coefficient (Wildman–Crippen LogP) is 1.13. The molecule has 1 fully saturated rings. The Bertz CT molecular complexity index is 1170. The number of aromatic nitrogens is 2. The molecule has 1 aliphatic heterocycles. The highest BCUT2D eigenvalue weighted by Crippen LogP contribution is 2.28. The fourth-order valence-electron chi connectivity index (χ4n) is 4.10. The van der Waals surface area contributed by atoms with Gasteiger partial charge in [-0.3, -0.25) is 4.79 Å². The van der Waals surface area contributed by atoms with Crippen molar-refractivity contribution in [2.45, 2.75) is 56.0 Å². The first-order chi connectivity index (χ1) is 15.5. The van der Waals surface area contributed by atoms with Gasteiger partial charge in [-0.15, -0.1) is 0 Å². The van der Waals surface area contributed by atoms with Gasteiger partial charge in [0.1, 0.15) is 5.82 Å². The van der Waals surface area contributed by atoms with Crippen molar-refractivity contribution in [3.8, 4) is 0 Å². The van der Waals surface area contributed by atoms with Crippen molar-refractivity contribution in [2.75, 3.05) is 6.54 Å². The quantitative estimate of drug-likeness (QED) is 0.545. The standard InChI is InChI=1S/C21H26F3N5O3S/c1-28-11-26-19-7-14(9-27-33(31,32)15-2-3-15)29(10-20(19)28)21(30)6-13(25)4-12-5-17(23)18(24)8-16(12)22/h5,8,11,13-15,27H,2-4,6-7,9-10,25H2,1H3/t13-,14+/m1/s1. The van der Waals surface area contributed by atoms with E-state index in [0.29, 0.717) is 25.3 Å². The van der Waals surface area contributed by atoms with Gasteiger partial charge < -0.3 is 15.2 Å². The summed E-state index contributed by atoms with van der Waals surface area (Å²) in [4.78, 5) is 19.0. The highest BCUT2D eigenvalue weighted by atomic mass is 32.2. The van der Waals surface area contributed by atoms with E-state index in [0.717, 1.165) is 17.5 Å². The van der Waals surface area contributed by atoms with Crippen molar-refractivity contribution in [2.24, 2.45) is 12.8 Å². The lowest BCUT2D eigenvalue weighted by Crippen LogP contribution is -2.51. The lowest BCUT2D eigenvalue weighted by atomic mass is 9.99. The minimum absolute atomic E-state index is 0.0492. The Morgan fingerprint density at radius 1 is 1.24 bits per heavy atom. The topological polar surface area (TPSA) is 110 Å². The van der Waals surface area contributed by atoms with E-state index < -0.39 is 39.6 Å². The fourth-order valence-corrected chi connectivity index (χ4v) is 5.52. The Labute approximate surface area is 190 Å². The molecule has 180 valence electrons. The molecule has 0 unspecified atom stereocenters. The Hall–Kier alpha value is -2.44. The van der Waals surface area contributed by atoms with E-state index in [1.165, 1.54) is 0 Å². The number of benzene rings is 1. The van der Waals surface area contributed by atoms with Crippen LogP contribution in [0.1, 0.15) is 36.2 Å². The van der Waals surface area contributed by atoms with Gasteiger partial charge in [0.05, 0.1) is 35.6 Å². The molecule has 0 bridgehead atoms. The van der Waals surface area contributed by atoms with Crippen molar-refractivity contribution < 1.29 is 26.4 Å². The maximum absolute atomic E-state index is 14.0. The summed E-state index contributed by atoms with van der Waals surface area (Å²) in [6.07, 6.45) is 2.95. The van der Waals surface area contributed by atoms with Crippen LogP contribution in [0.5, 0.6) is 0 Å². The van der Waals surface area contributed by atoms with Crippen LogP contribution in [-0.4, -0.2) is 52.7 Å². The van der Waals surface area contributed by atoms with Crippen LogP contribution < -0.4 is 10.5 Å². The summed E-state index contributed by atoms with van der Waals surface area (Å²) in [6.45, 7) is 0.278. The van der Waals surface area contributed by atoms with E-state index in [9.17, 15) is 26.4 Å². The molecule has 1 saturated carbocycles. The van der Waals surface area contributed by atoms with Crippen molar-refractivity contribution in [1.82, 2.24) is 19.2 Å². The SMILES string of the molecule is Cn1cnc2c1CN(C(=O)C[C@H](N)Cc1cc(F)c(F)cc1F)[C@H](CNS(=O)(=O)C1CC1)C2.